The van der Waals surface area contributed by atoms with E-state index in [1.807, 2.05) is 13.8 Å². The van der Waals surface area contributed by atoms with Crippen molar-refractivity contribution in [3.05, 3.63) is 33.8 Å². The van der Waals surface area contributed by atoms with Crippen LogP contribution < -0.4 is 5.32 Å². The Kier molecular flexibility index (Phi) is 6.49. The molecule has 0 aliphatic heterocycles. The first-order valence-electron chi connectivity index (χ1n) is 6.25. The van der Waals surface area contributed by atoms with E-state index >= 15 is 0 Å². The van der Waals surface area contributed by atoms with E-state index in [-0.39, 0.29) is 17.7 Å². The summed E-state index contributed by atoms with van der Waals surface area (Å²) in [7, 11) is -0.957. The molecule has 0 saturated carbocycles. The number of hydrogen-bond acceptors (Lipinski definition) is 2. The lowest BCUT2D eigenvalue weighted by molar-refractivity contribution is -0.120. The van der Waals surface area contributed by atoms with Gasteiger partial charge in [0.05, 0.1) is 0 Å². The smallest absolute Gasteiger partial charge is 0.220 e. The maximum absolute atomic E-state index is 11.7. The molecule has 0 fully saturated rings. The molecule has 0 aromatic heterocycles. The Morgan fingerprint density at radius 1 is 1.30 bits per heavy atom. The van der Waals surface area contributed by atoms with Gasteiger partial charge in [-0.1, -0.05) is 43.1 Å². The molecule has 1 rings (SSSR count). The van der Waals surface area contributed by atoms with Crippen molar-refractivity contribution in [2.75, 3.05) is 18.6 Å². The van der Waals surface area contributed by atoms with Gasteiger partial charge in [-0.3, -0.25) is 9.00 Å². The number of hydrogen-bond donors (Lipinski definition) is 1. The van der Waals surface area contributed by atoms with E-state index in [1.54, 1.807) is 24.5 Å². The number of carbonyl (C=O) groups is 1. The molecule has 0 bridgehead atoms. The zero-order valence-electron chi connectivity index (χ0n) is 11.8. The number of rotatable bonds is 6. The molecule has 1 amide bonds. The van der Waals surface area contributed by atoms with Gasteiger partial charge in [0.25, 0.3) is 0 Å². The van der Waals surface area contributed by atoms with Crippen LogP contribution in [0.15, 0.2) is 18.2 Å². The molecule has 1 N–H and O–H groups in total. The fourth-order valence-electron chi connectivity index (χ4n) is 1.88. The van der Waals surface area contributed by atoms with Crippen LogP contribution in [-0.2, 0) is 21.0 Å². The first-order valence-corrected chi connectivity index (χ1v) is 8.73. The topological polar surface area (TPSA) is 46.2 Å². The second-order valence-electron chi connectivity index (χ2n) is 5.28. The Hall–Kier alpha value is -0.580. The predicted octanol–water partition coefficient (Wildman–Crippen LogP) is 3.16. The molecule has 0 spiro atoms. The molecule has 1 aromatic carbocycles. The first kappa shape index (κ1) is 17.5. The summed E-state index contributed by atoms with van der Waals surface area (Å²) >= 11 is 12.4. The Bertz CT molecular complexity index is 498. The van der Waals surface area contributed by atoms with Crippen LogP contribution in [0, 0.1) is 0 Å². The van der Waals surface area contributed by atoms with Gasteiger partial charge < -0.3 is 5.32 Å². The standard InChI is InChI=1S/C14H19Cl2NO2S/c1-14(2,9-17-12(18)7-8-20(3)19)13-10(15)5-4-6-11(13)16/h4-6H,7-9H2,1-3H3,(H,17,18)/t20-/m1/s1. The molecule has 0 unspecified atom stereocenters. The van der Waals surface area contributed by atoms with Crippen LogP contribution in [0.5, 0.6) is 0 Å². The van der Waals surface area contributed by atoms with Crippen LogP contribution in [0.1, 0.15) is 25.8 Å². The largest absolute Gasteiger partial charge is 0.355 e. The van der Waals surface area contributed by atoms with E-state index < -0.39 is 10.8 Å². The summed E-state index contributed by atoms with van der Waals surface area (Å²) in [5.41, 5.74) is 0.443. The third-order valence-electron chi connectivity index (χ3n) is 2.98. The highest BCUT2D eigenvalue weighted by molar-refractivity contribution is 7.84. The van der Waals surface area contributed by atoms with Crippen LogP contribution >= 0.6 is 23.2 Å². The number of nitrogens with one attached hydrogen (secondary N) is 1. The van der Waals surface area contributed by atoms with Crippen molar-refractivity contribution in [3.8, 4) is 0 Å². The van der Waals surface area contributed by atoms with Crippen molar-refractivity contribution in [1.82, 2.24) is 5.32 Å². The van der Waals surface area contributed by atoms with Crippen molar-refractivity contribution in [3.63, 3.8) is 0 Å². The van der Waals surface area contributed by atoms with Crippen LogP contribution in [0.2, 0.25) is 10.0 Å². The molecule has 0 heterocycles. The van der Waals surface area contributed by atoms with Crippen molar-refractivity contribution < 1.29 is 9.00 Å². The lowest BCUT2D eigenvalue weighted by Crippen LogP contribution is -2.37. The van der Waals surface area contributed by atoms with E-state index in [9.17, 15) is 9.00 Å². The third kappa shape index (κ3) is 5.08. The van der Waals surface area contributed by atoms with Crippen molar-refractivity contribution in [2.45, 2.75) is 25.7 Å². The minimum Gasteiger partial charge on any atom is -0.355 e. The average molecular weight is 336 g/mol. The molecular formula is C14H19Cl2NO2S. The van der Waals surface area contributed by atoms with Crippen LogP contribution in [0.4, 0.5) is 0 Å². The van der Waals surface area contributed by atoms with Gasteiger partial charge in [0.15, 0.2) is 0 Å². The Morgan fingerprint density at radius 3 is 2.35 bits per heavy atom. The zero-order chi connectivity index (χ0) is 15.3. The highest BCUT2D eigenvalue weighted by Crippen LogP contribution is 2.35. The minimum absolute atomic E-state index is 0.114. The van der Waals surface area contributed by atoms with E-state index in [1.165, 1.54) is 0 Å². The maximum atomic E-state index is 11.7. The van der Waals surface area contributed by atoms with Crippen LogP contribution in [-0.4, -0.2) is 28.7 Å². The molecule has 1 aromatic rings. The van der Waals surface area contributed by atoms with Gasteiger partial charge in [0, 0.05) is 51.2 Å². The number of halogens is 2. The molecular weight excluding hydrogens is 317 g/mol. The lowest BCUT2D eigenvalue weighted by Gasteiger charge is -2.27. The normalized spacial score (nSPS) is 13.1. The lowest BCUT2D eigenvalue weighted by atomic mass is 9.84. The van der Waals surface area contributed by atoms with E-state index in [4.69, 9.17) is 23.2 Å². The molecule has 6 heteroatoms. The summed E-state index contributed by atoms with van der Waals surface area (Å²) in [6.45, 7) is 4.36. The molecule has 112 valence electrons. The second kappa shape index (κ2) is 7.43. The second-order valence-corrected chi connectivity index (χ2v) is 7.65. The van der Waals surface area contributed by atoms with Crippen molar-refractivity contribution in [1.29, 1.82) is 0 Å². The predicted molar refractivity (Wildman–Crippen MR) is 86.0 cm³/mol. The average Bonchev–Trinajstić information content (AvgIpc) is 2.33. The third-order valence-corrected chi connectivity index (χ3v) is 4.39. The van der Waals surface area contributed by atoms with Crippen LogP contribution in [0.25, 0.3) is 0 Å². The van der Waals surface area contributed by atoms with Gasteiger partial charge in [-0.2, -0.15) is 0 Å². The molecule has 0 radical (unpaired) electrons. The Balaban J connectivity index is 2.70. The summed E-state index contributed by atoms with van der Waals surface area (Å²) in [6, 6.07) is 5.36. The van der Waals surface area contributed by atoms with E-state index in [2.05, 4.69) is 5.32 Å². The molecule has 20 heavy (non-hydrogen) atoms. The summed E-state index contributed by atoms with van der Waals surface area (Å²) in [5, 5.41) is 4.02. The highest BCUT2D eigenvalue weighted by Gasteiger charge is 2.26. The summed E-state index contributed by atoms with van der Waals surface area (Å²) in [4.78, 5) is 11.7. The van der Waals surface area contributed by atoms with Crippen molar-refractivity contribution >= 4 is 39.9 Å². The van der Waals surface area contributed by atoms with Gasteiger partial charge >= 0.3 is 0 Å². The van der Waals surface area contributed by atoms with Gasteiger partial charge in [0.2, 0.25) is 5.91 Å². The van der Waals surface area contributed by atoms with E-state index in [0.29, 0.717) is 22.3 Å². The molecule has 1 atom stereocenters. The monoisotopic (exact) mass is 335 g/mol. The van der Waals surface area contributed by atoms with Crippen molar-refractivity contribution in [2.24, 2.45) is 0 Å². The Labute approximate surface area is 132 Å². The molecule has 0 saturated heterocycles. The quantitative estimate of drug-likeness (QED) is 0.867. The van der Waals surface area contributed by atoms with Gasteiger partial charge in [-0.15, -0.1) is 0 Å². The fraction of sp³-hybridized carbons (Fsp3) is 0.500. The number of carbonyl (C=O) groups excluding carboxylic acids is 1. The fourth-order valence-corrected chi connectivity index (χ4v) is 3.26. The molecule has 3 nitrogen and oxygen atoms in total. The van der Waals surface area contributed by atoms with E-state index in [0.717, 1.165) is 5.56 Å². The molecule has 0 aliphatic rings. The van der Waals surface area contributed by atoms with Crippen LogP contribution in [0.3, 0.4) is 0 Å². The summed E-state index contributed by atoms with van der Waals surface area (Å²) < 4.78 is 11.0. The molecule has 0 aliphatic carbocycles. The van der Waals surface area contributed by atoms with Gasteiger partial charge in [-0.05, 0) is 17.7 Å². The zero-order valence-corrected chi connectivity index (χ0v) is 14.2. The minimum atomic E-state index is -0.957. The Morgan fingerprint density at radius 2 is 1.85 bits per heavy atom. The summed E-state index contributed by atoms with van der Waals surface area (Å²) in [5.74, 6) is 0.260. The highest BCUT2D eigenvalue weighted by atomic mass is 35.5. The van der Waals surface area contributed by atoms with Gasteiger partial charge in [0.1, 0.15) is 0 Å². The number of benzene rings is 1. The maximum Gasteiger partial charge on any atom is 0.220 e. The first-order chi connectivity index (χ1) is 9.24. The number of amides is 1. The summed E-state index contributed by atoms with van der Waals surface area (Å²) in [6.07, 6.45) is 1.84. The van der Waals surface area contributed by atoms with Gasteiger partial charge in [-0.25, -0.2) is 0 Å². The SMILES string of the molecule is C[S@@](=O)CCC(=O)NCC(C)(C)c1c(Cl)cccc1Cl.